The van der Waals surface area contributed by atoms with E-state index in [1.54, 1.807) is 0 Å². The minimum Gasteiger partial charge on any atom is -0.334 e. The number of benzene rings is 1. The Balaban J connectivity index is 1.87. The van der Waals surface area contributed by atoms with Crippen molar-refractivity contribution in [3.05, 3.63) is 74.5 Å². The summed E-state index contributed by atoms with van der Waals surface area (Å²) in [6, 6.07) is 9.85. The van der Waals surface area contributed by atoms with E-state index in [4.69, 9.17) is 4.52 Å². The van der Waals surface area contributed by atoms with Crippen molar-refractivity contribution >= 4 is 5.69 Å². The SMILES string of the molecule is Cc1ccc(-c2nc(Cn3cc([N+](=O)[O-])ccc3=O)no2)cc1. The molecule has 8 heteroatoms. The third-order valence-corrected chi connectivity index (χ3v) is 3.26. The van der Waals surface area contributed by atoms with Crippen LogP contribution in [0.5, 0.6) is 0 Å². The summed E-state index contributed by atoms with van der Waals surface area (Å²) in [6.45, 7) is 1.97. The van der Waals surface area contributed by atoms with Gasteiger partial charge in [0.05, 0.1) is 17.7 Å². The second-order valence-corrected chi connectivity index (χ2v) is 4.99. The molecule has 116 valence electrons. The molecular formula is C15H12N4O4. The summed E-state index contributed by atoms with van der Waals surface area (Å²) < 4.78 is 6.34. The monoisotopic (exact) mass is 312 g/mol. The van der Waals surface area contributed by atoms with Crippen LogP contribution in [0.15, 0.2) is 51.9 Å². The Hall–Kier alpha value is -3.29. The van der Waals surface area contributed by atoms with E-state index in [0.29, 0.717) is 5.89 Å². The Morgan fingerprint density at radius 3 is 2.65 bits per heavy atom. The molecule has 0 saturated carbocycles. The van der Waals surface area contributed by atoms with Gasteiger partial charge in [-0.05, 0) is 19.1 Å². The van der Waals surface area contributed by atoms with Gasteiger partial charge in [-0.15, -0.1) is 0 Å². The van der Waals surface area contributed by atoms with Crippen molar-refractivity contribution in [2.24, 2.45) is 0 Å². The summed E-state index contributed by atoms with van der Waals surface area (Å²) in [6.07, 6.45) is 1.16. The standard InChI is InChI=1S/C15H12N4O4/c1-10-2-4-11(5-3-10)15-16-13(17-23-15)9-18-8-12(19(21)22)6-7-14(18)20/h2-8H,9H2,1H3. The van der Waals surface area contributed by atoms with E-state index in [1.807, 2.05) is 31.2 Å². The van der Waals surface area contributed by atoms with Gasteiger partial charge in [0.25, 0.3) is 17.1 Å². The molecule has 0 spiro atoms. The van der Waals surface area contributed by atoms with Crippen LogP contribution in [0, 0.1) is 17.0 Å². The fourth-order valence-corrected chi connectivity index (χ4v) is 2.03. The van der Waals surface area contributed by atoms with Gasteiger partial charge in [0.2, 0.25) is 0 Å². The molecular weight excluding hydrogens is 300 g/mol. The first kappa shape index (κ1) is 14.6. The van der Waals surface area contributed by atoms with Crippen molar-refractivity contribution in [2.45, 2.75) is 13.5 Å². The summed E-state index contributed by atoms with van der Waals surface area (Å²) in [5.41, 5.74) is 1.32. The van der Waals surface area contributed by atoms with E-state index in [2.05, 4.69) is 10.1 Å². The van der Waals surface area contributed by atoms with Gasteiger partial charge in [-0.25, -0.2) is 0 Å². The van der Waals surface area contributed by atoms with Crippen molar-refractivity contribution in [1.82, 2.24) is 14.7 Å². The van der Waals surface area contributed by atoms with Gasteiger partial charge in [-0.2, -0.15) is 4.98 Å². The van der Waals surface area contributed by atoms with Crippen LogP contribution in [0.25, 0.3) is 11.5 Å². The van der Waals surface area contributed by atoms with Crippen LogP contribution in [0.4, 0.5) is 5.69 Å². The van der Waals surface area contributed by atoms with Crippen LogP contribution in [0.2, 0.25) is 0 Å². The predicted molar refractivity (Wildman–Crippen MR) is 80.9 cm³/mol. The van der Waals surface area contributed by atoms with Crippen molar-refractivity contribution in [3.63, 3.8) is 0 Å². The number of hydrogen-bond acceptors (Lipinski definition) is 6. The summed E-state index contributed by atoms with van der Waals surface area (Å²) in [4.78, 5) is 26.2. The quantitative estimate of drug-likeness (QED) is 0.540. The molecule has 0 saturated heterocycles. The lowest BCUT2D eigenvalue weighted by Crippen LogP contribution is -2.20. The van der Waals surface area contributed by atoms with E-state index in [1.165, 1.54) is 4.57 Å². The van der Waals surface area contributed by atoms with Gasteiger partial charge in [0, 0.05) is 17.7 Å². The first-order valence-corrected chi connectivity index (χ1v) is 6.77. The molecule has 0 N–H and O–H groups in total. The normalized spacial score (nSPS) is 10.7. The van der Waals surface area contributed by atoms with Crippen molar-refractivity contribution in [3.8, 4) is 11.5 Å². The first-order valence-electron chi connectivity index (χ1n) is 6.77. The van der Waals surface area contributed by atoms with Gasteiger partial charge in [0.1, 0.15) is 0 Å². The van der Waals surface area contributed by atoms with Gasteiger partial charge < -0.3 is 9.09 Å². The van der Waals surface area contributed by atoms with Crippen LogP contribution < -0.4 is 5.56 Å². The second kappa shape index (κ2) is 5.84. The molecule has 23 heavy (non-hydrogen) atoms. The number of aromatic nitrogens is 3. The highest BCUT2D eigenvalue weighted by atomic mass is 16.6. The van der Waals surface area contributed by atoms with E-state index in [0.717, 1.165) is 29.5 Å². The number of nitrogens with zero attached hydrogens (tertiary/aromatic N) is 4. The zero-order chi connectivity index (χ0) is 16.4. The average molecular weight is 312 g/mol. The summed E-state index contributed by atoms with van der Waals surface area (Å²) in [7, 11) is 0. The largest absolute Gasteiger partial charge is 0.334 e. The minimum atomic E-state index is -0.566. The highest BCUT2D eigenvalue weighted by molar-refractivity contribution is 5.53. The lowest BCUT2D eigenvalue weighted by Gasteiger charge is -2.00. The van der Waals surface area contributed by atoms with E-state index in [-0.39, 0.29) is 23.6 Å². The van der Waals surface area contributed by atoms with E-state index in [9.17, 15) is 14.9 Å². The fraction of sp³-hybridized carbons (Fsp3) is 0.133. The third-order valence-electron chi connectivity index (χ3n) is 3.26. The molecule has 1 aromatic carbocycles. The molecule has 0 amide bonds. The molecule has 0 fully saturated rings. The maximum Gasteiger partial charge on any atom is 0.285 e. The fourth-order valence-electron chi connectivity index (χ4n) is 2.03. The zero-order valence-corrected chi connectivity index (χ0v) is 12.2. The second-order valence-electron chi connectivity index (χ2n) is 4.99. The van der Waals surface area contributed by atoms with Crippen molar-refractivity contribution < 1.29 is 9.45 Å². The minimum absolute atomic E-state index is 0.00409. The molecule has 0 aliphatic heterocycles. The predicted octanol–water partition coefficient (Wildman–Crippen LogP) is 2.16. The Bertz CT molecular complexity index is 912. The van der Waals surface area contributed by atoms with Crippen molar-refractivity contribution in [1.29, 1.82) is 0 Å². The van der Waals surface area contributed by atoms with Crippen LogP contribution in [0.1, 0.15) is 11.4 Å². The molecule has 3 rings (SSSR count). The van der Waals surface area contributed by atoms with Gasteiger partial charge >= 0.3 is 0 Å². The number of rotatable bonds is 4. The molecule has 0 unspecified atom stereocenters. The average Bonchev–Trinajstić information content (AvgIpc) is 2.98. The Kier molecular flexibility index (Phi) is 3.71. The molecule has 0 aliphatic rings. The first-order chi connectivity index (χ1) is 11.0. The molecule has 0 radical (unpaired) electrons. The third kappa shape index (κ3) is 3.15. The van der Waals surface area contributed by atoms with E-state index >= 15 is 0 Å². The van der Waals surface area contributed by atoms with Gasteiger partial charge in [-0.1, -0.05) is 22.9 Å². The molecule has 0 atom stereocenters. The Labute approximate surface area is 130 Å². The Morgan fingerprint density at radius 2 is 1.96 bits per heavy atom. The number of aryl methyl sites for hydroxylation is 1. The molecule has 0 bridgehead atoms. The number of nitro groups is 1. The number of pyridine rings is 1. The maximum atomic E-state index is 11.8. The highest BCUT2D eigenvalue weighted by Gasteiger charge is 2.12. The number of hydrogen-bond donors (Lipinski definition) is 0. The van der Waals surface area contributed by atoms with Crippen LogP contribution in [0.3, 0.4) is 0 Å². The van der Waals surface area contributed by atoms with Crippen molar-refractivity contribution in [2.75, 3.05) is 0 Å². The summed E-state index contributed by atoms with van der Waals surface area (Å²) in [5.74, 6) is 0.599. The molecule has 8 nitrogen and oxygen atoms in total. The highest BCUT2D eigenvalue weighted by Crippen LogP contribution is 2.17. The zero-order valence-electron chi connectivity index (χ0n) is 12.2. The molecule has 2 heterocycles. The van der Waals surface area contributed by atoms with Crippen LogP contribution in [-0.2, 0) is 6.54 Å². The van der Waals surface area contributed by atoms with Gasteiger partial charge in [0.15, 0.2) is 5.82 Å². The Morgan fingerprint density at radius 1 is 1.22 bits per heavy atom. The lowest BCUT2D eigenvalue weighted by molar-refractivity contribution is -0.385. The molecule has 2 aromatic heterocycles. The maximum absolute atomic E-state index is 11.8. The lowest BCUT2D eigenvalue weighted by atomic mass is 10.1. The van der Waals surface area contributed by atoms with E-state index < -0.39 is 4.92 Å². The smallest absolute Gasteiger partial charge is 0.285 e. The van der Waals surface area contributed by atoms with Gasteiger partial charge in [-0.3, -0.25) is 14.9 Å². The topological polar surface area (TPSA) is 104 Å². The van der Waals surface area contributed by atoms with Crippen LogP contribution in [-0.4, -0.2) is 19.6 Å². The summed E-state index contributed by atoms with van der Waals surface area (Å²) in [5, 5.41) is 14.6. The molecule has 0 aliphatic carbocycles. The summed E-state index contributed by atoms with van der Waals surface area (Å²) >= 11 is 0. The van der Waals surface area contributed by atoms with Crippen LogP contribution >= 0.6 is 0 Å². The molecule has 3 aromatic rings.